The van der Waals surface area contributed by atoms with Gasteiger partial charge in [0.25, 0.3) is 0 Å². The molecule has 6 heteroatoms. The quantitative estimate of drug-likeness (QED) is 0.404. The number of unbranched alkanes of at least 4 members (excludes halogenated alkanes) is 1. The van der Waals surface area contributed by atoms with Crippen LogP contribution in [0.5, 0.6) is 0 Å². The zero-order valence-corrected chi connectivity index (χ0v) is 11.8. The highest BCUT2D eigenvalue weighted by molar-refractivity contribution is 9.09. The maximum Gasteiger partial charge on any atom is 0.358 e. The molecule has 0 bridgehead atoms. The van der Waals surface area contributed by atoms with Crippen molar-refractivity contribution in [2.75, 3.05) is 18.5 Å². The summed E-state index contributed by atoms with van der Waals surface area (Å²) >= 11 is 3.30. The van der Waals surface area contributed by atoms with Crippen LogP contribution in [0.2, 0.25) is 0 Å². The van der Waals surface area contributed by atoms with Gasteiger partial charge in [-0.3, -0.25) is 4.57 Å². The van der Waals surface area contributed by atoms with Crippen LogP contribution in [0, 0.1) is 0 Å². The van der Waals surface area contributed by atoms with Gasteiger partial charge >= 0.3 is 7.60 Å². The average molecular weight is 303 g/mol. The standard InChI is InChI=1S/C9H20BrO4P/c1-3-13-15(12,14-4-2)9(11)7-5-6-8-10/h9,11H,3-8H2,1-2H3/t9-/m1/s1. The van der Waals surface area contributed by atoms with E-state index in [9.17, 15) is 9.67 Å². The second-order valence-electron chi connectivity index (χ2n) is 3.04. The molecule has 0 saturated carbocycles. The minimum absolute atomic E-state index is 0.285. The molecule has 0 amide bonds. The van der Waals surface area contributed by atoms with Gasteiger partial charge in [0.2, 0.25) is 0 Å². The first-order valence-corrected chi connectivity index (χ1v) is 7.96. The summed E-state index contributed by atoms with van der Waals surface area (Å²) in [5, 5.41) is 10.6. The normalized spacial score (nSPS) is 14.1. The number of hydrogen-bond donors (Lipinski definition) is 1. The number of alkyl halides is 1. The van der Waals surface area contributed by atoms with E-state index in [4.69, 9.17) is 9.05 Å². The molecular weight excluding hydrogens is 283 g/mol. The Balaban J connectivity index is 4.15. The minimum atomic E-state index is -3.31. The molecule has 15 heavy (non-hydrogen) atoms. The van der Waals surface area contributed by atoms with E-state index in [0.717, 1.165) is 18.2 Å². The van der Waals surface area contributed by atoms with Gasteiger partial charge in [0.05, 0.1) is 13.2 Å². The molecule has 0 aliphatic carbocycles. The number of halogens is 1. The van der Waals surface area contributed by atoms with E-state index in [1.165, 1.54) is 0 Å². The summed E-state index contributed by atoms with van der Waals surface area (Å²) in [6.07, 6.45) is 2.19. The second kappa shape index (κ2) is 8.71. The molecule has 0 spiro atoms. The van der Waals surface area contributed by atoms with Crippen LogP contribution in [0.3, 0.4) is 0 Å². The van der Waals surface area contributed by atoms with E-state index >= 15 is 0 Å². The van der Waals surface area contributed by atoms with Crippen LogP contribution < -0.4 is 0 Å². The Morgan fingerprint density at radius 1 is 1.27 bits per heavy atom. The van der Waals surface area contributed by atoms with E-state index in [0.29, 0.717) is 6.42 Å². The molecule has 0 aromatic carbocycles. The van der Waals surface area contributed by atoms with Crippen LogP contribution in [-0.4, -0.2) is 29.5 Å². The van der Waals surface area contributed by atoms with Crippen molar-refractivity contribution < 1.29 is 18.7 Å². The van der Waals surface area contributed by atoms with Crippen LogP contribution in [0.1, 0.15) is 33.1 Å². The van der Waals surface area contributed by atoms with Crippen molar-refractivity contribution in [3.05, 3.63) is 0 Å². The number of aliphatic hydroxyl groups is 1. The van der Waals surface area contributed by atoms with E-state index in [1.807, 2.05) is 0 Å². The largest absolute Gasteiger partial charge is 0.380 e. The summed E-state index contributed by atoms with van der Waals surface area (Å²) in [5.41, 5.74) is 0. The number of hydrogen-bond acceptors (Lipinski definition) is 4. The Morgan fingerprint density at radius 3 is 2.20 bits per heavy atom. The molecule has 0 aliphatic rings. The monoisotopic (exact) mass is 302 g/mol. The molecule has 1 atom stereocenters. The molecule has 0 radical (unpaired) electrons. The fraction of sp³-hybridized carbons (Fsp3) is 1.00. The highest BCUT2D eigenvalue weighted by atomic mass is 79.9. The number of rotatable bonds is 9. The van der Waals surface area contributed by atoms with Gasteiger partial charge in [-0.15, -0.1) is 0 Å². The summed E-state index contributed by atoms with van der Waals surface area (Å²) in [4.78, 5) is 0. The van der Waals surface area contributed by atoms with Gasteiger partial charge in [-0.2, -0.15) is 0 Å². The topological polar surface area (TPSA) is 55.8 Å². The summed E-state index contributed by atoms with van der Waals surface area (Å²) in [5.74, 6) is -1.00. The van der Waals surface area contributed by atoms with Crippen molar-refractivity contribution >= 4 is 23.5 Å². The van der Waals surface area contributed by atoms with Gasteiger partial charge in [-0.1, -0.05) is 15.9 Å². The zero-order chi connectivity index (χ0) is 11.7. The van der Waals surface area contributed by atoms with Crippen LogP contribution in [0.25, 0.3) is 0 Å². The Morgan fingerprint density at radius 2 is 1.80 bits per heavy atom. The first-order chi connectivity index (χ1) is 7.10. The Bertz CT molecular complexity index is 191. The predicted molar refractivity (Wildman–Crippen MR) is 64.5 cm³/mol. The summed E-state index contributed by atoms with van der Waals surface area (Å²) < 4.78 is 22.1. The van der Waals surface area contributed by atoms with Gasteiger partial charge in [0.15, 0.2) is 5.85 Å². The SMILES string of the molecule is CCOP(=O)(OCC)[C@@H](O)CCCCBr. The van der Waals surface area contributed by atoms with Gasteiger partial charge < -0.3 is 14.2 Å². The highest BCUT2D eigenvalue weighted by Gasteiger charge is 2.33. The molecule has 0 aromatic heterocycles. The second-order valence-corrected chi connectivity index (χ2v) is 6.03. The third-order valence-electron chi connectivity index (χ3n) is 1.83. The molecule has 0 heterocycles. The van der Waals surface area contributed by atoms with E-state index < -0.39 is 13.4 Å². The highest BCUT2D eigenvalue weighted by Crippen LogP contribution is 2.53. The lowest BCUT2D eigenvalue weighted by Crippen LogP contribution is -2.12. The molecule has 0 fully saturated rings. The van der Waals surface area contributed by atoms with Crippen molar-refractivity contribution in [3.63, 3.8) is 0 Å². The average Bonchev–Trinajstić information content (AvgIpc) is 2.18. The first-order valence-electron chi connectivity index (χ1n) is 5.23. The van der Waals surface area contributed by atoms with E-state index in [2.05, 4.69) is 15.9 Å². The van der Waals surface area contributed by atoms with Gasteiger partial charge in [0.1, 0.15) is 0 Å². The smallest absolute Gasteiger partial charge is 0.358 e. The van der Waals surface area contributed by atoms with E-state index in [-0.39, 0.29) is 13.2 Å². The molecular formula is C9H20BrO4P. The van der Waals surface area contributed by atoms with Gasteiger partial charge in [0, 0.05) is 5.33 Å². The molecule has 4 nitrogen and oxygen atoms in total. The molecule has 0 aromatic rings. The first kappa shape index (κ1) is 15.6. The molecule has 92 valence electrons. The van der Waals surface area contributed by atoms with Gasteiger partial charge in [-0.25, -0.2) is 0 Å². The molecule has 0 rings (SSSR count). The zero-order valence-electron chi connectivity index (χ0n) is 9.32. The fourth-order valence-corrected chi connectivity index (χ4v) is 3.18. The maximum absolute atomic E-state index is 12.0. The predicted octanol–water partition coefficient (Wildman–Crippen LogP) is 3.14. The molecule has 1 N–H and O–H groups in total. The molecule has 0 aliphatic heterocycles. The number of aliphatic hydroxyl groups excluding tert-OH is 1. The lowest BCUT2D eigenvalue weighted by atomic mass is 10.3. The maximum atomic E-state index is 12.0. The Kier molecular flexibility index (Phi) is 9.05. The van der Waals surface area contributed by atoms with E-state index in [1.54, 1.807) is 13.8 Å². The third kappa shape index (κ3) is 6.03. The van der Waals surface area contributed by atoms with Crippen molar-refractivity contribution in [2.24, 2.45) is 0 Å². The van der Waals surface area contributed by atoms with Crippen molar-refractivity contribution in [1.82, 2.24) is 0 Å². The van der Waals surface area contributed by atoms with Crippen molar-refractivity contribution in [3.8, 4) is 0 Å². The summed E-state index contributed by atoms with van der Waals surface area (Å²) in [6, 6.07) is 0. The fourth-order valence-electron chi connectivity index (χ4n) is 1.15. The molecule has 0 saturated heterocycles. The summed E-state index contributed by atoms with van der Waals surface area (Å²) in [7, 11) is -3.31. The lowest BCUT2D eigenvalue weighted by molar-refractivity contribution is 0.143. The van der Waals surface area contributed by atoms with Crippen molar-refractivity contribution in [1.29, 1.82) is 0 Å². The molecule has 0 unspecified atom stereocenters. The van der Waals surface area contributed by atoms with Gasteiger partial charge in [-0.05, 0) is 33.1 Å². The van der Waals surface area contributed by atoms with Crippen molar-refractivity contribution in [2.45, 2.75) is 39.0 Å². The van der Waals surface area contributed by atoms with Crippen LogP contribution in [-0.2, 0) is 13.6 Å². The minimum Gasteiger partial charge on any atom is -0.380 e. The lowest BCUT2D eigenvalue weighted by Gasteiger charge is -2.22. The summed E-state index contributed by atoms with van der Waals surface area (Å²) in [6.45, 7) is 4.04. The van der Waals surface area contributed by atoms with Crippen LogP contribution in [0.4, 0.5) is 0 Å². The van der Waals surface area contributed by atoms with Crippen LogP contribution in [0.15, 0.2) is 0 Å². The Labute approximate surface area is 100 Å². The van der Waals surface area contributed by atoms with Crippen LogP contribution >= 0.6 is 23.5 Å². The Hall–Kier alpha value is 0.590. The third-order valence-corrected chi connectivity index (χ3v) is 4.61.